The van der Waals surface area contributed by atoms with Crippen LogP contribution in [-0.4, -0.2) is 29.0 Å². The van der Waals surface area contributed by atoms with Crippen molar-refractivity contribution in [1.29, 1.82) is 0 Å². The van der Waals surface area contributed by atoms with Crippen LogP contribution in [0.25, 0.3) is 22.1 Å². The minimum atomic E-state index is -0.415. The summed E-state index contributed by atoms with van der Waals surface area (Å²) in [7, 11) is 4.01. The van der Waals surface area contributed by atoms with Gasteiger partial charge in [0.2, 0.25) is 5.95 Å². The number of anilines is 3. The van der Waals surface area contributed by atoms with E-state index in [1.165, 1.54) is 18.2 Å². The van der Waals surface area contributed by atoms with Gasteiger partial charge in [0.25, 0.3) is 0 Å². The zero-order valence-electron chi connectivity index (χ0n) is 17.9. The van der Waals surface area contributed by atoms with Crippen molar-refractivity contribution in [3.05, 3.63) is 71.1 Å². The van der Waals surface area contributed by atoms with Crippen LogP contribution in [0.15, 0.2) is 64.3 Å². The Hall–Kier alpha value is -3.74. The second kappa shape index (κ2) is 8.95. The molecule has 4 rings (SSSR count). The third kappa shape index (κ3) is 4.12. The Morgan fingerprint density at radius 2 is 1.77 bits per heavy atom. The maximum atomic E-state index is 13.1. The first kappa shape index (κ1) is 20.5. The summed E-state index contributed by atoms with van der Waals surface area (Å²) in [4.78, 5) is 27.5. The molecule has 0 bridgehead atoms. The van der Waals surface area contributed by atoms with E-state index in [0.717, 1.165) is 35.9 Å². The Bertz CT molecular complexity index is 1240. The Kier molecular flexibility index (Phi) is 5.93. The number of unbranched alkanes of at least 4 members (excludes halogenated alkanes) is 1. The molecule has 0 spiro atoms. The van der Waals surface area contributed by atoms with Gasteiger partial charge in [0.1, 0.15) is 18.2 Å². The second-order valence-electron chi connectivity index (χ2n) is 7.54. The third-order valence-corrected chi connectivity index (χ3v) is 5.17. The molecule has 7 nitrogen and oxygen atoms in total. The number of aromatic nitrogens is 3. The van der Waals surface area contributed by atoms with Gasteiger partial charge in [-0.2, -0.15) is 0 Å². The normalized spacial score (nSPS) is 10.9. The van der Waals surface area contributed by atoms with Gasteiger partial charge in [0.05, 0.1) is 22.3 Å². The van der Waals surface area contributed by atoms with E-state index < -0.39 is 5.63 Å². The first-order valence-electron chi connectivity index (χ1n) is 10.3. The number of hydrogen-bond donors (Lipinski definition) is 1. The largest absolute Gasteiger partial charge is 0.422 e. The van der Waals surface area contributed by atoms with E-state index in [1.807, 2.05) is 56.6 Å². The van der Waals surface area contributed by atoms with Gasteiger partial charge < -0.3 is 14.6 Å². The van der Waals surface area contributed by atoms with Crippen LogP contribution in [0.5, 0.6) is 0 Å². The molecule has 0 fully saturated rings. The lowest BCUT2D eigenvalue weighted by Crippen LogP contribution is -2.15. The van der Waals surface area contributed by atoms with Crippen LogP contribution in [0, 0.1) is 0 Å². The summed E-state index contributed by atoms with van der Waals surface area (Å²) in [5.74, 6) is 0.364. The van der Waals surface area contributed by atoms with Crippen molar-refractivity contribution in [2.24, 2.45) is 0 Å². The summed E-state index contributed by atoms with van der Waals surface area (Å²) in [5, 5.41) is 4.12. The van der Waals surface area contributed by atoms with Gasteiger partial charge in [0.15, 0.2) is 0 Å². The lowest BCUT2D eigenvalue weighted by Gasteiger charge is -2.23. The molecule has 0 unspecified atom stereocenters. The predicted molar refractivity (Wildman–Crippen MR) is 124 cm³/mol. The zero-order chi connectivity index (χ0) is 21.8. The SMILES string of the molecule is CCCCc1ccc2oc(=O)c(-c3ccccc3)c(Nc3ncncn3)c2c1N(C)C. The smallest absolute Gasteiger partial charge is 0.346 e. The maximum Gasteiger partial charge on any atom is 0.346 e. The van der Waals surface area contributed by atoms with E-state index in [1.54, 1.807) is 0 Å². The molecule has 0 atom stereocenters. The summed E-state index contributed by atoms with van der Waals surface area (Å²) >= 11 is 0. The molecule has 0 saturated heterocycles. The fraction of sp³-hybridized carbons (Fsp3) is 0.250. The molecule has 2 aromatic heterocycles. The van der Waals surface area contributed by atoms with Crippen LogP contribution in [0.4, 0.5) is 17.3 Å². The van der Waals surface area contributed by atoms with Crippen LogP contribution in [0.2, 0.25) is 0 Å². The van der Waals surface area contributed by atoms with E-state index >= 15 is 0 Å². The highest BCUT2D eigenvalue weighted by atomic mass is 16.4. The third-order valence-electron chi connectivity index (χ3n) is 5.17. The highest BCUT2D eigenvalue weighted by molar-refractivity contribution is 6.07. The quantitative estimate of drug-likeness (QED) is 0.434. The predicted octanol–water partition coefficient (Wildman–Crippen LogP) is 4.80. The molecule has 2 aromatic carbocycles. The topological polar surface area (TPSA) is 84.2 Å². The Morgan fingerprint density at radius 1 is 1.03 bits per heavy atom. The van der Waals surface area contributed by atoms with Gasteiger partial charge in [-0.05, 0) is 30.0 Å². The lowest BCUT2D eigenvalue weighted by molar-refractivity contribution is 0.564. The zero-order valence-corrected chi connectivity index (χ0v) is 17.9. The molecule has 0 radical (unpaired) electrons. The average molecular weight is 415 g/mol. The van der Waals surface area contributed by atoms with Gasteiger partial charge in [-0.1, -0.05) is 49.7 Å². The number of rotatable bonds is 7. The number of benzene rings is 2. The molecule has 0 aliphatic rings. The molecule has 1 N–H and O–H groups in total. The van der Waals surface area contributed by atoms with Crippen molar-refractivity contribution in [2.45, 2.75) is 26.2 Å². The van der Waals surface area contributed by atoms with E-state index in [2.05, 4.69) is 32.1 Å². The molecule has 0 aliphatic carbocycles. The number of nitrogens with one attached hydrogen (secondary N) is 1. The molecular weight excluding hydrogens is 390 g/mol. The monoisotopic (exact) mass is 415 g/mol. The molecule has 0 amide bonds. The van der Waals surface area contributed by atoms with E-state index in [-0.39, 0.29) is 0 Å². The van der Waals surface area contributed by atoms with Crippen LogP contribution in [0.3, 0.4) is 0 Å². The van der Waals surface area contributed by atoms with Crippen LogP contribution >= 0.6 is 0 Å². The summed E-state index contributed by atoms with van der Waals surface area (Å²) in [6.45, 7) is 2.18. The van der Waals surface area contributed by atoms with Crippen molar-refractivity contribution in [3.8, 4) is 11.1 Å². The fourth-order valence-corrected chi connectivity index (χ4v) is 3.81. The average Bonchev–Trinajstić information content (AvgIpc) is 2.78. The number of fused-ring (bicyclic) bond motifs is 1. The second-order valence-corrected chi connectivity index (χ2v) is 7.54. The molecule has 0 aliphatic heterocycles. The van der Waals surface area contributed by atoms with Gasteiger partial charge >= 0.3 is 5.63 Å². The molecule has 4 aromatic rings. The summed E-state index contributed by atoms with van der Waals surface area (Å²) in [5.41, 5.74) is 4.16. The van der Waals surface area contributed by atoms with Gasteiger partial charge in [-0.3, -0.25) is 0 Å². The molecule has 0 saturated carbocycles. The highest BCUT2D eigenvalue weighted by Gasteiger charge is 2.22. The van der Waals surface area contributed by atoms with Gasteiger partial charge in [0, 0.05) is 14.1 Å². The first-order valence-corrected chi connectivity index (χ1v) is 10.3. The van der Waals surface area contributed by atoms with Crippen molar-refractivity contribution < 1.29 is 4.42 Å². The number of hydrogen-bond acceptors (Lipinski definition) is 7. The van der Waals surface area contributed by atoms with E-state index in [0.29, 0.717) is 22.8 Å². The van der Waals surface area contributed by atoms with Crippen molar-refractivity contribution in [1.82, 2.24) is 15.0 Å². The molecule has 31 heavy (non-hydrogen) atoms. The van der Waals surface area contributed by atoms with Gasteiger partial charge in [-0.15, -0.1) is 0 Å². The summed E-state index contributed by atoms with van der Waals surface area (Å²) in [6, 6.07) is 13.4. The van der Waals surface area contributed by atoms with E-state index in [4.69, 9.17) is 4.42 Å². The Labute approximate surface area is 180 Å². The Morgan fingerprint density at radius 3 is 2.45 bits per heavy atom. The molecule has 2 heterocycles. The van der Waals surface area contributed by atoms with Crippen LogP contribution < -0.4 is 15.8 Å². The summed E-state index contributed by atoms with van der Waals surface area (Å²) in [6.07, 6.45) is 5.95. The minimum absolute atomic E-state index is 0.364. The maximum absolute atomic E-state index is 13.1. The first-order chi connectivity index (χ1) is 15.1. The fourth-order valence-electron chi connectivity index (χ4n) is 3.81. The molecule has 7 heteroatoms. The van der Waals surface area contributed by atoms with Crippen LogP contribution in [0.1, 0.15) is 25.3 Å². The summed E-state index contributed by atoms with van der Waals surface area (Å²) < 4.78 is 5.80. The highest BCUT2D eigenvalue weighted by Crippen LogP contribution is 2.40. The standard InChI is InChI=1S/C24H25N5O2/c1-4-5-9-17-12-13-18-20(22(17)29(2)3)21(28-24-26-14-25-15-27-24)19(23(30)31-18)16-10-7-6-8-11-16/h6-8,10-15H,4-5,9H2,1-3H3,(H,25,26,27,28). The number of aryl methyl sites for hydroxylation is 1. The minimum Gasteiger partial charge on any atom is -0.422 e. The molecule has 158 valence electrons. The number of nitrogens with zero attached hydrogens (tertiary/aromatic N) is 4. The van der Waals surface area contributed by atoms with Crippen molar-refractivity contribution in [3.63, 3.8) is 0 Å². The van der Waals surface area contributed by atoms with Crippen molar-refractivity contribution >= 4 is 28.3 Å². The molecular formula is C24H25N5O2. The van der Waals surface area contributed by atoms with Gasteiger partial charge in [-0.25, -0.2) is 19.7 Å². The lowest BCUT2D eigenvalue weighted by atomic mass is 9.97. The van der Waals surface area contributed by atoms with Crippen molar-refractivity contribution in [2.75, 3.05) is 24.3 Å². The Balaban J connectivity index is 2.08. The van der Waals surface area contributed by atoms with Crippen LogP contribution in [-0.2, 0) is 6.42 Å². The van der Waals surface area contributed by atoms with E-state index in [9.17, 15) is 4.79 Å².